The minimum atomic E-state index is -4.42. The predicted octanol–water partition coefficient (Wildman–Crippen LogP) is 4.58. The molecule has 0 aliphatic rings. The SMILES string of the molecule is CN(C)c1c(F)cccc1-c1cccc(C(F)(F)F)c1. The Kier molecular flexibility index (Phi) is 3.70. The van der Waals surface area contributed by atoms with E-state index in [9.17, 15) is 17.6 Å². The summed E-state index contributed by atoms with van der Waals surface area (Å²) in [5, 5.41) is 0. The monoisotopic (exact) mass is 283 g/mol. The predicted molar refractivity (Wildman–Crippen MR) is 71.2 cm³/mol. The molecule has 0 aliphatic heterocycles. The van der Waals surface area contributed by atoms with Gasteiger partial charge < -0.3 is 4.90 Å². The number of hydrogen-bond donors (Lipinski definition) is 0. The van der Waals surface area contributed by atoms with E-state index in [2.05, 4.69) is 0 Å². The minimum Gasteiger partial charge on any atom is -0.375 e. The molecule has 0 amide bonds. The van der Waals surface area contributed by atoms with Crippen LogP contribution in [0.2, 0.25) is 0 Å². The largest absolute Gasteiger partial charge is 0.416 e. The molecule has 0 bridgehead atoms. The maximum Gasteiger partial charge on any atom is 0.416 e. The van der Waals surface area contributed by atoms with E-state index in [0.717, 1.165) is 12.1 Å². The van der Waals surface area contributed by atoms with Gasteiger partial charge in [0, 0.05) is 19.7 Å². The number of halogens is 4. The van der Waals surface area contributed by atoms with Gasteiger partial charge in [0.05, 0.1) is 11.3 Å². The number of rotatable bonds is 2. The highest BCUT2D eigenvalue weighted by Gasteiger charge is 2.30. The molecule has 0 aliphatic carbocycles. The summed E-state index contributed by atoms with van der Waals surface area (Å²) in [6, 6.07) is 9.26. The Bertz CT molecular complexity index is 618. The summed E-state index contributed by atoms with van der Waals surface area (Å²) in [5.74, 6) is -0.468. The summed E-state index contributed by atoms with van der Waals surface area (Å²) in [5.41, 5.74) is 0.292. The van der Waals surface area contributed by atoms with Crippen LogP contribution in [0.3, 0.4) is 0 Å². The van der Waals surface area contributed by atoms with Crippen LogP contribution >= 0.6 is 0 Å². The molecule has 106 valence electrons. The smallest absolute Gasteiger partial charge is 0.375 e. The van der Waals surface area contributed by atoms with E-state index >= 15 is 0 Å². The Morgan fingerprint density at radius 1 is 0.950 bits per heavy atom. The van der Waals surface area contributed by atoms with Crippen molar-refractivity contribution in [1.29, 1.82) is 0 Å². The van der Waals surface area contributed by atoms with Crippen molar-refractivity contribution in [3.63, 3.8) is 0 Å². The lowest BCUT2D eigenvalue weighted by Gasteiger charge is -2.19. The molecule has 0 fully saturated rings. The fourth-order valence-corrected chi connectivity index (χ4v) is 2.07. The van der Waals surface area contributed by atoms with Gasteiger partial charge in [-0.1, -0.05) is 24.3 Å². The Balaban J connectivity index is 2.61. The first kappa shape index (κ1) is 14.4. The minimum absolute atomic E-state index is 0.270. The molecule has 5 heteroatoms. The van der Waals surface area contributed by atoms with Crippen molar-refractivity contribution in [3.05, 3.63) is 53.8 Å². The standard InChI is InChI=1S/C15H13F4N/c1-20(2)14-12(7-4-8-13(14)16)10-5-3-6-11(9-10)15(17,18)19/h3-9H,1-2H3. The molecular weight excluding hydrogens is 270 g/mol. The molecule has 0 N–H and O–H groups in total. The Hall–Kier alpha value is -2.04. The lowest BCUT2D eigenvalue weighted by molar-refractivity contribution is -0.137. The first-order valence-corrected chi connectivity index (χ1v) is 5.94. The highest BCUT2D eigenvalue weighted by atomic mass is 19.4. The summed E-state index contributed by atoms with van der Waals surface area (Å²) in [4.78, 5) is 1.55. The third-order valence-electron chi connectivity index (χ3n) is 2.93. The summed E-state index contributed by atoms with van der Waals surface area (Å²) in [6.45, 7) is 0. The van der Waals surface area contributed by atoms with Crippen LogP contribution in [0.25, 0.3) is 11.1 Å². The van der Waals surface area contributed by atoms with Gasteiger partial charge in [-0.25, -0.2) is 4.39 Å². The topological polar surface area (TPSA) is 3.24 Å². The zero-order valence-corrected chi connectivity index (χ0v) is 11.0. The highest BCUT2D eigenvalue weighted by molar-refractivity contribution is 5.79. The molecule has 0 radical (unpaired) electrons. The Morgan fingerprint density at radius 2 is 1.60 bits per heavy atom. The third kappa shape index (κ3) is 2.76. The zero-order chi connectivity index (χ0) is 14.9. The average Bonchev–Trinajstić information content (AvgIpc) is 2.37. The molecule has 0 aromatic heterocycles. The van der Waals surface area contributed by atoms with Crippen molar-refractivity contribution < 1.29 is 17.6 Å². The third-order valence-corrected chi connectivity index (χ3v) is 2.93. The fraction of sp³-hybridized carbons (Fsp3) is 0.200. The average molecular weight is 283 g/mol. The summed E-state index contributed by atoms with van der Waals surface area (Å²) < 4.78 is 52.1. The van der Waals surface area contributed by atoms with Crippen LogP contribution in [0.4, 0.5) is 23.2 Å². The molecule has 2 aromatic rings. The molecular formula is C15H13F4N. The van der Waals surface area contributed by atoms with Gasteiger partial charge >= 0.3 is 6.18 Å². The number of nitrogens with zero attached hydrogens (tertiary/aromatic N) is 1. The Morgan fingerprint density at radius 3 is 2.20 bits per heavy atom. The lowest BCUT2D eigenvalue weighted by atomic mass is 10.0. The summed E-state index contributed by atoms with van der Waals surface area (Å²) in [7, 11) is 3.30. The number of hydrogen-bond acceptors (Lipinski definition) is 1. The second kappa shape index (κ2) is 5.15. The maximum atomic E-state index is 13.9. The van der Waals surface area contributed by atoms with E-state index in [-0.39, 0.29) is 5.69 Å². The van der Waals surface area contributed by atoms with Crippen LogP contribution in [-0.2, 0) is 6.18 Å². The molecule has 0 saturated carbocycles. The number of alkyl halides is 3. The fourth-order valence-electron chi connectivity index (χ4n) is 2.07. The maximum absolute atomic E-state index is 13.9. The van der Waals surface area contributed by atoms with Crippen molar-refractivity contribution >= 4 is 5.69 Å². The number of benzene rings is 2. The number of anilines is 1. The van der Waals surface area contributed by atoms with Crippen molar-refractivity contribution in [2.75, 3.05) is 19.0 Å². The van der Waals surface area contributed by atoms with Gasteiger partial charge in [-0.2, -0.15) is 13.2 Å². The first-order chi connectivity index (χ1) is 9.30. The van der Waals surface area contributed by atoms with Crippen LogP contribution in [0.15, 0.2) is 42.5 Å². The van der Waals surface area contributed by atoms with Crippen molar-refractivity contribution in [2.45, 2.75) is 6.18 Å². The molecule has 0 atom stereocenters. The van der Waals surface area contributed by atoms with Gasteiger partial charge in [0.1, 0.15) is 5.82 Å². The van der Waals surface area contributed by atoms with E-state index in [1.807, 2.05) is 0 Å². The van der Waals surface area contributed by atoms with Gasteiger partial charge in [-0.15, -0.1) is 0 Å². The molecule has 1 nitrogen and oxygen atoms in total. The molecule has 0 spiro atoms. The quantitative estimate of drug-likeness (QED) is 0.729. The second-order valence-electron chi connectivity index (χ2n) is 4.61. The van der Waals surface area contributed by atoms with E-state index in [0.29, 0.717) is 11.1 Å². The molecule has 0 saturated heterocycles. The summed E-state index contributed by atoms with van der Waals surface area (Å²) >= 11 is 0. The normalized spacial score (nSPS) is 11.5. The second-order valence-corrected chi connectivity index (χ2v) is 4.61. The van der Waals surface area contributed by atoms with E-state index in [4.69, 9.17) is 0 Å². The van der Waals surface area contributed by atoms with Crippen molar-refractivity contribution in [3.8, 4) is 11.1 Å². The van der Waals surface area contributed by atoms with Gasteiger partial charge in [-0.3, -0.25) is 0 Å². The molecule has 2 aromatic carbocycles. The van der Waals surface area contributed by atoms with Crippen molar-refractivity contribution in [1.82, 2.24) is 0 Å². The van der Waals surface area contributed by atoms with E-state index < -0.39 is 17.6 Å². The van der Waals surface area contributed by atoms with Crippen molar-refractivity contribution in [2.24, 2.45) is 0 Å². The number of para-hydroxylation sites is 1. The Labute approximate surface area is 114 Å². The zero-order valence-electron chi connectivity index (χ0n) is 11.0. The highest BCUT2D eigenvalue weighted by Crippen LogP contribution is 2.36. The van der Waals surface area contributed by atoms with E-state index in [1.165, 1.54) is 24.3 Å². The van der Waals surface area contributed by atoms with Gasteiger partial charge in [0.25, 0.3) is 0 Å². The van der Waals surface area contributed by atoms with Crippen LogP contribution in [-0.4, -0.2) is 14.1 Å². The van der Waals surface area contributed by atoms with Crippen LogP contribution in [0, 0.1) is 5.82 Å². The van der Waals surface area contributed by atoms with Crippen LogP contribution in [0.1, 0.15) is 5.56 Å². The molecule has 2 rings (SSSR count). The van der Waals surface area contributed by atoms with Crippen LogP contribution in [0.5, 0.6) is 0 Å². The molecule has 20 heavy (non-hydrogen) atoms. The van der Waals surface area contributed by atoms with Gasteiger partial charge in [0.2, 0.25) is 0 Å². The van der Waals surface area contributed by atoms with E-state index in [1.54, 1.807) is 25.1 Å². The van der Waals surface area contributed by atoms with Gasteiger partial charge in [-0.05, 0) is 23.8 Å². The first-order valence-electron chi connectivity index (χ1n) is 5.94. The molecule has 0 heterocycles. The summed E-state index contributed by atoms with van der Waals surface area (Å²) in [6.07, 6.45) is -4.42. The molecule has 0 unspecified atom stereocenters. The van der Waals surface area contributed by atoms with Crippen LogP contribution < -0.4 is 4.90 Å². The van der Waals surface area contributed by atoms with Gasteiger partial charge in [0.15, 0.2) is 0 Å². The lowest BCUT2D eigenvalue weighted by Crippen LogP contribution is -2.12.